The Bertz CT molecular complexity index is 339. The Morgan fingerprint density at radius 2 is 2.27 bits per heavy atom. The second-order valence-electron chi connectivity index (χ2n) is 4.48. The minimum Gasteiger partial charge on any atom is -0.438 e. The molecule has 0 aromatic carbocycles. The van der Waals surface area contributed by atoms with Crippen LogP contribution in [0, 0.1) is 5.92 Å². The number of anilines is 1. The third-order valence-corrected chi connectivity index (χ3v) is 2.79. The van der Waals surface area contributed by atoms with Crippen LogP contribution in [0.5, 0.6) is 0 Å². The van der Waals surface area contributed by atoms with Gasteiger partial charge in [0.1, 0.15) is 0 Å². The maximum atomic E-state index is 10.5. The summed E-state index contributed by atoms with van der Waals surface area (Å²) in [5.41, 5.74) is 0. The van der Waals surface area contributed by atoms with Gasteiger partial charge in [0.25, 0.3) is 0 Å². The first-order valence-corrected chi connectivity index (χ1v) is 5.52. The Morgan fingerprint density at radius 3 is 2.73 bits per heavy atom. The van der Waals surface area contributed by atoms with Gasteiger partial charge < -0.3 is 9.32 Å². The summed E-state index contributed by atoms with van der Waals surface area (Å²) in [6.45, 7) is 5.33. The van der Waals surface area contributed by atoms with Crippen LogP contribution in [0.1, 0.15) is 37.2 Å². The molecule has 1 saturated carbocycles. The smallest absolute Gasteiger partial charge is 0.196 e. The van der Waals surface area contributed by atoms with Crippen LogP contribution in [0.15, 0.2) is 16.5 Å². The van der Waals surface area contributed by atoms with Crippen molar-refractivity contribution in [3.63, 3.8) is 0 Å². The van der Waals surface area contributed by atoms with E-state index in [1.54, 1.807) is 6.07 Å². The molecule has 3 heteroatoms. The summed E-state index contributed by atoms with van der Waals surface area (Å²) in [4.78, 5) is 12.8. The Hall–Kier alpha value is -1.25. The average molecular weight is 207 g/mol. The van der Waals surface area contributed by atoms with Crippen molar-refractivity contribution in [1.82, 2.24) is 0 Å². The van der Waals surface area contributed by atoms with E-state index in [0.717, 1.165) is 24.6 Å². The normalized spacial score (nSPS) is 15.7. The number of rotatable bonds is 5. The number of hydrogen-bond donors (Lipinski definition) is 0. The largest absolute Gasteiger partial charge is 0.438 e. The van der Waals surface area contributed by atoms with Crippen LogP contribution >= 0.6 is 0 Å². The molecular weight excluding hydrogens is 190 g/mol. The van der Waals surface area contributed by atoms with Crippen molar-refractivity contribution >= 4 is 12.2 Å². The van der Waals surface area contributed by atoms with Gasteiger partial charge in [0, 0.05) is 18.7 Å². The predicted molar refractivity (Wildman–Crippen MR) is 59.3 cm³/mol. The first-order valence-electron chi connectivity index (χ1n) is 5.52. The second-order valence-corrected chi connectivity index (χ2v) is 4.48. The van der Waals surface area contributed by atoms with Crippen LogP contribution in [-0.4, -0.2) is 18.9 Å². The summed E-state index contributed by atoms with van der Waals surface area (Å²) in [5.74, 6) is 2.04. The molecule has 0 atom stereocenters. The zero-order chi connectivity index (χ0) is 10.8. The van der Waals surface area contributed by atoms with Crippen LogP contribution in [0.25, 0.3) is 0 Å². The zero-order valence-corrected chi connectivity index (χ0v) is 9.27. The lowest BCUT2D eigenvalue weighted by Crippen LogP contribution is -2.32. The van der Waals surface area contributed by atoms with Gasteiger partial charge in [0.15, 0.2) is 17.9 Å². The molecule has 0 unspecified atom stereocenters. The quantitative estimate of drug-likeness (QED) is 0.696. The molecule has 2 rings (SSSR count). The van der Waals surface area contributed by atoms with Crippen molar-refractivity contribution < 1.29 is 9.21 Å². The van der Waals surface area contributed by atoms with Crippen LogP contribution in [0.4, 0.5) is 5.88 Å². The van der Waals surface area contributed by atoms with Crippen LogP contribution < -0.4 is 4.90 Å². The van der Waals surface area contributed by atoms with Crippen LogP contribution in [-0.2, 0) is 0 Å². The van der Waals surface area contributed by atoms with E-state index in [0.29, 0.717) is 11.8 Å². The minimum absolute atomic E-state index is 0.409. The Morgan fingerprint density at radius 1 is 1.53 bits per heavy atom. The van der Waals surface area contributed by atoms with Crippen molar-refractivity contribution in [3.05, 3.63) is 17.9 Å². The van der Waals surface area contributed by atoms with Crippen LogP contribution in [0.2, 0.25) is 0 Å². The van der Waals surface area contributed by atoms with Crippen molar-refractivity contribution in [2.75, 3.05) is 11.4 Å². The van der Waals surface area contributed by atoms with E-state index in [2.05, 4.69) is 18.7 Å². The molecule has 1 heterocycles. The number of hydrogen-bond acceptors (Lipinski definition) is 3. The van der Waals surface area contributed by atoms with E-state index in [4.69, 9.17) is 4.42 Å². The molecular formula is C12H17NO2. The SMILES string of the molecule is CC(C)N(CC1CC1)c1ccc(C=O)o1. The highest BCUT2D eigenvalue weighted by atomic mass is 16.4. The first kappa shape index (κ1) is 10.3. The Labute approximate surface area is 90.1 Å². The van der Waals surface area contributed by atoms with Gasteiger partial charge in [-0.15, -0.1) is 0 Å². The monoisotopic (exact) mass is 207 g/mol. The van der Waals surface area contributed by atoms with Crippen molar-refractivity contribution in [2.45, 2.75) is 32.7 Å². The summed E-state index contributed by atoms with van der Waals surface area (Å²) in [5, 5.41) is 0. The maximum Gasteiger partial charge on any atom is 0.196 e. The van der Waals surface area contributed by atoms with Gasteiger partial charge in [-0.1, -0.05) is 0 Å². The summed E-state index contributed by atoms with van der Waals surface area (Å²) >= 11 is 0. The molecule has 3 nitrogen and oxygen atoms in total. The van der Waals surface area contributed by atoms with E-state index < -0.39 is 0 Å². The lowest BCUT2D eigenvalue weighted by atomic mass is 10.3. The number of carbonyl (C=O) groups excluding carboxylic acids is 1. The van der Waals surface area contributed by atoms with Gasteiger partial charge in [-0.2, -0.15) is 0 Å². The molecule has 1 aliphatic rings. The highest BCUT2D eigenvalue weighted by molar-refractivity contribution is 5.71. The lowest BCUT2D eigenvalue weighted by molar-refractivity contribution is 0.110. The molecule has 15 heavy (non-hydrogen) atoms. The zero-order valence-electron chi connectivity index (χ0n) is 9.27. The molecule has 1 aromatic rings. The third kappa shape index (κ3) is 2.41. The fraction of sp³-hybridized carbons (Fsp3) is 0.583. The minimum atomic E-state index is 0.409. The van der Waals surface area contributed by atoms with Crippen LogP contribution in [0.3, 0.4) is 0 Å². The number of nitrogens with zero attached hydrogens (tertiary/aromatic N) is 1. The standard InChI is InChI=1S/C12H17NO2/c1-9(2)13(7-10-3-4-10)12-6-5-11(8-14)15-12/h5-6,8-10H,3-4,7H2,1-2H3. The Kier molecular flexibility index (Phi) is 2.80. The molecule has 1 aliphatic carbocycles. The maximum absolute atomic E-state index is 10.5. The average Bonchev–Trinajstić information content (AvgIpc) is 2.91. The summed E-state index contributed by atoms with van der Waals surface area (Å²) in [6.07, 6.45) is 3.40. The number of furan rings is 1. The van der Waals surface area contributed by atoms with E-state index in [-0.39, 0.29) is 0 Å². The fourth-order valence-corrected chi connectivity index (χ4v) is 1.69. The van der Waals surface area contributed by atoms with E-state index in [1.165, 1.54) is 12.8 Å². The van der Waals surface area contributed by atoms with E-state index in [9.17, 15) is 4.79 Å². The molecule has 0 spiro atoms. The molecule has 0 radical (unpaired) electrons. The topological polar surface area (TPSA) is 33.5 Å². The van der Waals surface area contributed by atoms with Gasteiger partial charge in [0.05, 0.1) is 0 Å². The summed E-state index contributed by atoms with van der Waals surface area (Å²) < 4.78 is 5.44. The Balaban J connectivity index is 2.11. The highest BCUT2D eigenvalue weighted by Crippen LogP contribution is 2.32. The molecule has 1 fully saturated rings. The molecule has 0 aliphatic heterocycles. The highest BCUT2D eigenvalue weighted by Gasteiger charge is 2.26. The van der Waals surface area contributed by atoms with Crippen molar-refractivity contribution in [1.29, 1.82) is 0 Å². The molecule has 0 amide bonds. The van der Waals surface area contributed by atoms with Gasteiger partial charge in [-0.3, -0.25) is 4.79 Å². The first-order chi connectivity index (χ1) is 7.20. The third-order valence-electron chi connectivity index (χ3n) is 2.79. The second kappa shape index (κ2) is 4.09. The summed E-state index contributed by atoms with van der Waals surface area (Å²) in [6, 6.07) is 4.02. The molecule has 0 saturated heterocycles. The van der Waals surface area contributed by atoms with Crippen molar-refractivity contribution in [3.8, 4) is 0 Å². The number of aldehydes is 1. The fourth-order valence-electron chi connectivity index (χ4n) is 1.69. The van der Waals surface area contributed by atoms with E-state index >= 15 is 0 Å². The van der Waals surface area contributed by atoms with Gasteiger partial charge in [-0.25, -0.2) is 0 Å². The van der Waals surface area contributed by atoms with Crippen molar-refractivity contribution in [2.24, 2.45) is 5.92 Å². The van der Waals surface area contributed by atoms with Gasteiger partial charge in [0.2, 0.25) is 0 Å². The summed E-state index contributed by atoms with van der Waals surface area (Å²) in [7, 11) is 0. The molecule has 1 aromatic heterocycles. The van der Waals surface area contributed by atoms with Gasteiger partial charge >= 0.3 is 0 Å². The van der Waals surface area contributed by atoms with Gasteiger partial charge in [-0.05, 0) is 38.7 Å². The van der Waals surface area contributed by atoms with E-state index in [1.807, 2.05) is 6.07 Å². The molecule has 0 N–H and O–H groups in total. The molecule has 82 valence electrons. The predicted octanol–water partition coefficient (Wildman–Crippen LogP) is 2.72. The number of carbonyl (C=O) groups is 1. The molecule has 0 bridgehead atoms. The lowest BCUT2D eigenvalue weighted by Gasteiger charge is -2.26.